The van der Waals surface area contributed by atoms with Gasteiger partial charge in [0.2, 0.25) is 0 Å². The van der Waals surface area contributed by atoms with Gasteiger partial charge in [-0.3, -0.25) is 0 Å². The maximum atomic E-state index is 4.91. The molecule has 5 nitrogen and oxygen atoms in total. The third kappa shape index (κ3) is 3.64. The number of nitrogens with zero attached hydrogens (tertiary/aromatic N) is 4. The summed E-state index contributed by atoms with van der Waals surface area (Å²) in [6.45, 7) is 7.00. The highest BCUT2D eigenvalue weighted by atomic mass is 15.2. The summed E-state index contributed by atoms with van der Waals surface area (Å²) in [4.78, 5) is 14.0. The summed E-state index contributed by atoms with van der Waals surface area (Å²) in [5.41, 5.74) is 3.25. The van der Waals surface area contributed by atoms with E-state index in [0.29, 0.717) is 11.8 Å². The smallest absolute Gasteiger partial charge is 0.195 e. The quantitative estimate of drug-likeness (QED) is 0.715. The minimum absolute atomic E-state index is 0.0274. The molecule has 4 rings (SSSR count). The zero-order chi connectivity index (χ0) is 19.0. The van der Waals surface area contributed by atoms with Gasteiger partial charge in [-0.1, -0.05) is 39.0 Å². The second-order valence-electron chi connectivity index (χ2n) is 8.58. The van der Waals surface area contributed by atoms with E-state index >= 15 is 0 Å². The van der Waals surface area contributed by atoms with Crippen molar-refractivity contribution in [1.29, 1.82) is 0 Å². The van der Waals surface area contributed by atoms with Gasteiger partial charge < -0.3 is 0 Å². The van der Waals surface area contributed by atoms with Crippen LogP contribution in [0.2, 0.25) is 0 Å². The Balaban J connectivity index is 1.69. The maximum Gasteiger partial charge on any atom is 0.195 e. The van der Waals surface area contributed by atoms with Crippen molar-refractivity contribution in [2.75, 3.05) is 0 Å². The molecule has 1 fully saturated rings. The van der Waals surface area contributed by atoms with Crippen LogP contribution in [0.1, 0.15) is 45.9 Å². The molecular weight excluding hydrogens is 334 g/mol. The van der Waals surface area contributed by atoms with Gasteiger partial charge in [0.25, 0.3) is 0 Å². The SMILES string of the molecule is CC1CC(C)CC(C)(c2ncnc(-c3cccc(-c4cc[n+](C)[nH]4)c3)n2)C1. The van der Waals surface area contributed by atoms with Crippen molar-refractivity contribution in [3.05, 3.63) is 48.7 Å². The molecule has 2 aromatic heterocycles. The molecule has 2 atom stereocenters. The van der Waals surface area contributed by atoms with Gasteiger partial charge in [-0.2, -0.15) is 5.10 Å². The van der Waals surface area contributed by atoms with Crippen LogP contribution >= 0.6 is 0 Å². The van der Waals surface area contributed by atoms with E-state index in [1.165, 1.54) is 6.42 Å². The summed E-state index contributed by atoms with van der Waals surface area (Å²) >= 11 is 0. The molecule has 2 heterocycles. The van der Waals surface area contributed by atoms with Crippen molar-refractivity contribution in [1.82, 2.24) is 20.1 Å². The number of aryl methyl sites for hydroxylation is 1. The Labute approximate surface area is 160 Å². The van der Waals surface area contributed by atoms with Gasteiger partial charge in [-0.05, 0) is 37.2 Å². The summed E-state index contributed by atoms with van der Waals surface area (Å²) in [5.74, 6) is 3.10. The first-order valence-electron chi connectivity index (χ1n) is 9.78. The number of aromatic nitrogens is 5. The Morgan fingerprint density at radius 3 is 2.52 bits per heavy atom. The molecule has 0 bridgehead atoms. The van der Waals surface area contributed by atoms with Crippen molar-refractivity contribution in [2.45, 2.75) is 45.4 Å². The van der Waals surface area contributed by atoms with Crippen molar-refractivity contribution < 1.29 is 4.68 Å². The number of hydrogen-bond donors (Lipinski definition) is 1. The minimum Gasteiger partial charge on any atom is -0.221 e. The van der Waals surface area contributed by atoms with E-state index in [9.17, 15) is 0 Å². The third-order valence-electron chi connectivity index (χ3n) is 5.71. The summed E-state index contributed by atoms with van der Waals surface area (Å²) in [5, 5.41) is 3.31. The summed E-state index contributed by atoms with van der Waals surface area (Å²) in [7, 11) is 1.98. The number of H-pyrrole nitrogens is 1. The average Bonchev–Trinajstić information content (AvgIpc) is 3.07. The molecule has 1 aliphatic carbocycles. The fourth-order valence-electron chi connectivity index (χ4n) is 4.82. The predicted molar refractivity (Wildman–Crippen MR) is 106 cm³/mol. The number of hydrogen-bond acceptors (Lipinski definition) is 3. The largest absolute Gasteiger partial charge is 0.221 e. The molecule has 1 aromatic carbocycles. The lowest BCUT2D eigenvalue weighted by Crippen LogP contribution is -2.34. The monoisotopic (exact) mass is 362 g/mol. The van der Waals surface area contributed by atoms with Gasteiger partial charge in [0.05, 0.1) is 0 Å². The first-order chi connectivity index (χ1) is 12.9. The molecule has 0 spiro atoms. The third-order valence-corrected chi connectivity index (χ3v) is 5.71. The molecule has 0 amide bonds. The van der Waals surface area contributed by atoms with Crippen LogP contribution in [0.5, 0.6) is 0 Å². The predicted octanol–water partition coefficient (Wildman–Crippen LogP) is 4.07. The van der Waals surface area contributed by atoms with Gasteiger partial charge in [-0.25, -0.2) is 15.0 Å². The Morgan fingerprint density at radius 1 is 1.07 bits per heavy atom. The number of aromatic amines is 1. The normalized spacial score (nSPS) is 25.5. The van der Waals surface area contributed by atoms with E-state index in [-0.39, 0.29) is 5.41 Å². The van der Waals surface area contributed by atoms with Crippen molar-refractivity contribution in [2.24, 2.45) is 18.9 Å². The molecule has 27 heavy (non-hydrogen) atoms. The van der Waals surface area contributed by atoms with Crippen molar-refractivity contribution >= 4 is 0 Å². The lowest BCUT2D eigenvalue weighted by atomic mass is 9.67. The highest BCUT2D eigenvalue weighted by molar-refractivity contribution is 5.67. The highest BCUT2D eigenvalue weighted by Gasteiger charge is 2.37. The average molecular weight is 363 g/mol. The Bertz CT molecular complexity index is 935. The number of benzene rings is 1. The van der Waals surface area contributed by atoms with E-state index in [0.717, 1.165) is 41.3 Å². The molecule has 0 radical (unpaired) electrons. The van der Waals surface area contributed by atoms with Crippen molar-refractivity contribution in [3.8, 4) is 22.6 Å². The fourth-order valence-corrected chi connectivity index (χ4v) is 4.82. The van der Waals surface area contributed by atoms with Crippen LogP contribution in [0, 0.1) is 11.8 Å². The van der Waals surface area contributed by atoms with Crippen LogP contribution in [0.4, 0.5) is 0 Å². The zero-order valence-electron chi connectivity index (χ0n) is 16.6. The maximum absolute atomic E-state index is 4.91. The number of nitrogens with one attached hydrogen (secondary N) is 1. The fraction of sp³-hybridized carbons (Fsp3) is 0.455. The van der Waals surface area contributed by atoms with Crippen molar-refractivity contribution in [3.63, 3.8) is 0 Å². The molecule has 1 saturated carbocycles. The van der Waals surface area contributed by atoms with Gasteiger partial charge in [0, 0.05) is 22.6 Å². The molecule has 0 aliphatic heterocycles. The standard InChI is InChI=1S/C22H27N5/c1-15-10-16(2)13-22(3,12-15)21-24-14-23-20(25-21)18-7-5-6-17(11-18)19-8-9-27(4)26-19/h5-9,11,14-16H,10,12-13H2,1-4H3/p+1. The van der Waals surface area contributed by atoms with Gasteiger partial charge in [0.1, 0.15) is 17.8 Å². The van der Waals surface area contributed by atoms with Crippen LogP contribution in [-0.2, 0) is 12.5 Å². The van der Waals surface area contributed by atoms with Gasteiger partial charge >= 0.3 is 0 Å². The topological polar surface area (TPSA) is 58.3 Å². The van der Waals surface area contributed by atoms with Gasteiger partial charge in [0.15, 0.2) is 19.1 Å². The molecule has 0 saturated heterocycles. The van der Waals surface area contributed by atoms with Crippen LogP contribution < -0.4 is 4.68 Å². The highest BCUT2D eigenvalue weighted by Crippen LogP contribution is 2.43. The molecule has 3 aromatic rings. The molecule has 1 N–H and O–H groups in total. The lowest BCUT2D eigenvalue weighted by Gasteiger charge is -2.39. The Morgan fingerprint density at radius 2 is 1.81 bits per heavy atom. The van der Waals surface area contributed by atoms with Gasteiger partial charge in [-0.15, -0.1) is 4.68 Å². The Kier molecular flexibility index (Phi) is 4.54. The Hall–Kier alpha value is -2.56. The van der Waals surface area contributed by atoms with E-state index in [1.54, 1.807) is 6.33 Å². The molecule has 140 valence electrons. The first-order valence-corrected chi connectivity index (χ1v) is 9.78. The second-order valence-corrected chi connectivity index (χ2v) is 8.58. The van der Waals surface area contributed by atoms with E-state index in [1.807, 2.05) is 17.9 Å². The second kappa shape index (κ2) is 6.87. The van der Waals surface area contributed by atoms with E-state index in [2.05, 4.69) is 66.2 Å². The van der Waals surface area contributed by atoms with E-state index < -0.39 is 0 Å². The van der Waals surface area contributed by atoms with Crippen LogP contribution in [-0.4, -0.2) is 20.1 Å². The summed E-state index contributed by atoms with van der Waals surface area (Å²) in [6.07, 6.45) is 7.26. The molecule has 1 aliphatic rings. The van der Waals surface area contributed by atoms with Crippen LogP contribution in [0.25, 0.3) is 22.6 Å². The van der Waals surface area contributed by atoms with Crippen LogP contribution in [0.15, 0.2) is 42.9 Å². The molecule has 2 unspecified atom stereocenters. The van der Waals surface area contributed by atoms with E-state index in [4.69, 9.17) is 4.98 Å². The summed E-state index contributed by atoms with van der Waals surface area (Å²) in [6, 6.07) is 10.4. The molecular formula is C22H28N5+. The number of rotatable bonds is 3. The minimum atomic E-state index is 0.0274. The zero-order valence-corrected chi connectivity index (χ0v) is 16.6. The first kappa shape index (κ1) is 17.8. The summed E-state index contributed by atoms with van der Waals surface area (Å²) < 4.78 is 1.94. The lowest BCUT2D eigenvalue weighted by molar-refractivity contribution is -0.726. The molecule has 5 heteroatoms. The van der Waals surface area contributed by atoms with Crippen LogP contribution in [0.3, 0.4) is 0 Å².